The van der Waals surface area contributed by atoms with Gasteiger partial charge in [0.1, 0.15) is 22.4 Å². The SMILES string of the molecule is CC1C(C(C)(C)N2CCCCC2)C(=O)OC12C1CC3CC(C1)CC2C3.CC1OCCC12CC(CN1CCCCC1)C(=O)O2.O=C1OC2(CC1CN1CCCCC1)C1CC3CC(C1)CC2C3.O=C1OC2(CCC(O)CC2)CC1CN1CCCCC1. The van der Waals surface area contributed by atoms with Crippen LogP contribution in [0.2, 0.25) is 0 Å². The molecule has 4 spiro atoms. The number of piperidine rings is 4. The maximum Gasteiger partial charge on any atom is 0.311 e. The molecule has 8 bridgehead atoms. The van der Waals surface area contributed by atoms with Gasteiger partial charge in [-0.25, -0.2) is 0 Å². The number of aliphatic hydroxyl groups excluding tert-OH is 1. The molecule has 9 saturated heterocycles. The fourth-order valence-corrected chi connectivity index (χ4v) is 22.5. The molecule has 9 aliphatic carbocycles. The molecule has 84 heavy (non-hydrogen) atoms. The maximum absolute atomic E-state index is 13.2. The quantitative estimate of drug-likeness (QED) is 0.182. The van der Waals surface area contributed by atoms with Gasteiger partial charge in [-0.2, -0.15) is 0 Å². The van der Waals surface area contributed by atoms with E-state index in [4.69, 9.17) is 23.7 Å². The Bertz CT molecular complexity index is 2260. The minimum Gasteiger partial charge on any atom is -0.459 e. The van der Waals surface area contributed by atoms with Crippen LogP contribution in [0, 0.1) is 76.9 Å². The van der Waals surface area contributed by atoms with Crippen molar-refractivity contribution in [2.24, 2.45) is 76.9 Å². The molecule has 9 heterocycles. The van der Waals surface area contributed by atoms with Crippen LogP contribution in [-0.4, -0.2) is 167 Å². The van der Waals surface area contributed by atoms with E-state index in [0.29, 0.717) is 29.6 Å². The molecule has 0 aromatic rings. The first kappa shape index (κ1) is 60.5. The van der Waals surface area contributed by atoms with Crippen LogP contribution >= 0.6 is 0 Å². The first-order valence-corrected chi connectivity index (χ1v) is 35.6. The highest BCUT2D eigenvalue weighted by atomic mass is 16.6. The highest BCUT2D eigenvalue weighted by Gasteiger charge is 2.69. The van der Waals surface area contributed by atoms with Crippen molar-refractivity contribution >= 4 is 23.9 Å². The van der Waals surface area contributed by atoms with Crippen molar-refractivity contribution in [1.29, 1.82) is 0 Å². The average molecular weight is 1170 g/mol. The number of likely N-dealkylation sites (tertiary alicyclic amines) is 4. The van der Waals surface area contributed by atoms with E-state index in [2.05, 4.69) is 40.4 Å². The lowest BCUT2D eigenvalue weighted by Gasteiger charge is -2.60. The zero-order valence-corrected chi connectivity index (χ0v) is 52.8. The smallest absolute Gasteiger partial charge is 0.311 e. The minimum absolute atomic E-state index is 0.00182. The van der Waals surface area contributed by atoms with Crippen LogP contribution in [0.15, 0.2) is 0 Å². The van der Waals surface area contributed by atoms with Gasteiger partial charge in [0.2, 0.25) is 0 Å². The standard InChI is InChI=1S/C22H35NO2.C19H29NO2.C15H25NO3.C14H23NO3/c1-14-19(21(2,3)23-7-5-4-6-8-23)20(24)25-22(14)17-10-15-9-16(12-17)13-18(22)11-15;21-18-15(12-20-4-2-1-3-5-20)11-19(22-18)16-7-13-6-14(9-16)10-17(19)8-13;17-13-4-6-15(7-5-13)10-12(14(18)19-15)11-16-8-2-1-3-9-16;1-11-14(5-8-17-11)9-12(13(16)18-14)10-15-6-3-2-4-7-15/h14-19H,4-13H2,1-3H3;13-17H,1-12H2;12-13,17H,1-11H2;11-12H,2-10H2,1H3. The van der Waals surface area contributed by atoms with Gasteiger partial charge in [0.05, 0.1) is 42.5 Å². The summed E-state index contributed by atoms with van der Waals surface area (Å²) in [6.45, 7) is 21.7. The van der Waals surface area contributed by atoms with Gasteiger partial charge in [-0.05, 0) is 262 Å². The van der Waals surface area contributed by atoms with Crippen LogP contribution in [-0.2, 0) is 42.9 Å². The molecule has 472 valence electrons. The molecule has 9 saturated carbocycles. The highest BCUT2D eigenvalue weighted by molar-refractivity contribution is 5.78. The predicted octanol–water partition coefficient (Wildman–Crippen LogP) is 10.8. The van der Waals surface area contributed by atoms with E-state index in [-0.39, 0.29) is 87.7 Å². The summed E-state index contributed by atoms with van der Waals surface area (Å²) in [5.41, 5.74) is -0.781. The van der Waals surface area contributed by atoms with E-state index >= 15 is 0 Å². The summed E-state index contributed by atoms with van der Waals surface area (Å²) in [5, 5.41) is 9.60. The number of hydrogen-bond donors (Lipinski definition) is 1. The van der Waals surface area contributed by atoms with Crippen molar-refractivity contribution in [3.8, 4) is 0 Å². The summed E-state index contributed by atoms with van der Waals surface area (Å²) in [6.07, 6.45) is 35.9. The Hall–Kier alpha value is -2.36. The predicted molar refractivity (Wildman–Crippen MR) is 321 cm³/mol. The van der Waals surface area contributed by atoms with Crippen molar-refractivity contribution < 1.29 is 48.0 Å². The van der Waals surface area contributed by atoms with Gasteiger partial charge >= 0.3 is 23.9 Å². The van der Waals surface area contributed by atoms with Gasteiger partial charge in [0, 0.05) is 56.8 Å². The molecule has 0 radical (unpaired) electrons. The summed E-state index contributed by atoms with van der Waals surface area (Å²) in [7, 11) is 0. The molecule has 7 unspecified atom stereocenters. The zero-order valence-electron chi connectivity index (χ0n) is 52.8. The van der Waals surface area contributed by atoms with Gasteiger partial charge < -0.3 is 43.5 Å². The number of esters is 4. The van der Waals surface area contributed by atoms with Crippen LogP contribution in [0.1, 0.15) is 220 Å². The summed E-state index contributed by atoms with van der Waals surface area (Å²) >= 11 is 0. The van der Waals surface area contributed by atoms with E-state index < -0.39 is 0 Å². The lowest BCUT2D eigenvalue weighted by molar-refractivity contribution is -0.201. The second-order valence-electron chi connectivity index (χ2n) is 32.1. The second kappa shape index (κ2) is 24.8. The Labute approximate surface area is 505 Å². The molecule has 14 heteroatoms. The van der Waals surface area contributed by atoms with Crippen molar-refractivity contribution in [3.05, 3.63) is 0 Å². The van der Waals surface area contributed by atoms with Gasteiger partial charge in [0.15, 0.2) is 0 Å². The van der Waals surface area contributed by atoms with E-state index in [0.717, 1.165) is 141 Å². The van der Waals surface area contributed by atoms with Crippen LogP contribution in [0.3, 0.4) is 0 Å². The third kappa shape index (κ3) is 11.9. The summed E-state index contributed by atoms with van der Waals surface area (Å²) in [6, 6.07) is 0. The first-order valence-electron chi connectivity index (χ1n) is 35.6. The summed E-state index contributed by atoms with van der Waals surface area (Å²) in [5.74, 6) is 7.38. The molecule has 18 aliphatic rings. The number of rotatable bonds is 8. The van der Waals surface area contributed by atoms with Crippen molar-refractivity contribution in [2.75, 3.05) is 78.6 Å². The zero-order chi connectivity index (χ0) is 58.0. The Balaban J connectivity index is 0.000000105. The molecule has 14 nitrogen and oxygen atoms in total. The maximum atomic E-state index is 13.2. The Kier molecular flexibility index (Phi) is 17.9. The van der Waals surface area contributed by atoms with E-state index in [1.807, 2.05) is 6.92 Å². The Morgan fingerprint density at radius 1 is 0.476 bits per heavy atom. The number of aliphatic hydroxyl groups is 1. The first-order chi connectivity index (χ1) is 40.5. The molecule has 18 fully saturated rings. The molecule has 7 atom stereocenters. The summed E-state index contributed by atoms with van der Waals surface area (Å²) < 4.78 is 29.7. The monoisotopic (exact) mass is 1170 g/mol. The summed E-state index contributed by atoms with van der Waals surface area (Å²) in [4.78, 5) is 59.9. The van der Waals surface area contributed by atoms with Crippen LogP contribution in [0.4, 0.5) is 0 Å². The highest BCUT2D eigenvalue weighted by Crippen LogP contribution is 2.66. The average Bonchev–Trinajstić information content (AvgIpc) is 1.92. The largest absolute Gasteiger partial charge is 0.459 e. The van der Waals surface area contributed by atoms with Gasteiger partial charge in [-0.15, -0.1) is 0 Å². The number of carbonyl (C=O) groups is 4. The lowest BCUT2D eigenvalue weighted by Crippen LogP contribution is -2.61. The molecule has 0 aromatic carbocycles. The molecule has 0 amide bonds. The normalized spacial score (nSPS) is 46.2. The Morgan fingerprint density at radius 3 is 1.38 bits per heavy atom. The fraction of sp³-hybridized carbons (Fsp3) is 0.943. The van der Waals surface area contributed by atoms with Crippen LogP contribution < -0.4 is 0 Å². The number of carbonyl (C=O) groups excluding carboxylic acids is 4. The topological polar surface area (TPSA) is 148 Å². The van der Waals surface area contributed by atoms with E-state index in [1.54, 1.807) is 0 Å². The molecule has 9 aliphatic heterocycles. The third-order valence-corrected chi connectivity index (χ3v) is 26.6. The van der Waals surface area contributed by atoms with Gasteiger partial charge in [0.25, 0.3) is 0 Å². The molecular formula is C70H112N4O10. The number of ether oxygens (including phenoxy) is 5. The van der Waals surface area contributed by atoms with Gasteiger partial charge in [-0.3, -0.25) is 24.1 Å². The third-order valence-electron chi connectivity index (χ3n) is 26.6. The number of hydrogen-bond acceptors (Lipinski definition) is 14. The van der Waals surface area contributed by atoms with Crippen molar-refractivity contribution in [2.45, 2.75) is 260 Å². The Morgan fingerprint density at radius 2 is 0.905 bits per heavy atom. The molecule has 1 N–H and O–H groups in total. The molecule has 0 aromatic heterocycles. The molecule has 18 rings (SSSR count). The van der Waals surface area contributed by atoms with E-state index in [9.17, 15) is 24.3 Å². The van der Waals surface area contributed by atoms with Crippen LogP contribution in [0.5, 0.6) is 0 Å². The van der Waals surface area contributed by atoms with Crippen molar-refractivity contribution in [1.82, 2.24) is 19.6 Å². The van der Waals surface area contributed by atoms with E-state index in [1.165, 1.54) is 154 Å². The van der Waals surface area contributed by atoms with Gasteiger partial charge in [-0.1, -0.05) is 32.6 Å². The van der Waals surface area contributed by atoms with Crippen molar-refractivity contribution in [3.63, 3.8) is 0 Å². The molecular weight excluding hydrogens is 1060 g/mol. The lowest BCUT2D eigenvalue weighted by atomic mass is 9.46. The fourth-order valence-electron chi connectivity index (χ4n) is 22.5. The number of nitrogens with zero attached hydrogens (tertiary/aromatic N) is 4. The van der Waals surface area contributed by atoms with Crippen LogP contribution in [0.25, 0.3) is 0 Å². The second-order valence-corrected chi connectivity index (χ2v) is 32.1. The minimum atomic E-state index is -0.308.